The predicted octanol–water partition coefficient (Wildman–Crippen LogP) is 0.838. The summed E-state index contributed by atoms with van der Waals surface area (Å²) in [6.07, 6.45) is 0. The summed E-state index contributed by atoms with van der Waals surface area (Å²) in [5.74, 6) is 0.0648. The van der Waals surface area contributed by atoms with E-state index in [2.05, 4.69) is 0 Å². The maximum absolute atomic E-state index is 11.7. The van der Waals surface area contributed by atoms with Crippen molar-refractivity contribution < 1.29 is 4.79 Å². The van der Waals surface area contributed by atoms with E-state index in [-0.39, 0.29) is 5.91 Å². The molecule has 0 aromatic rings. The van der Waals surface area contributed by atoms with Crippen LogP contribution in [0.5, 0.6) is 0 Å². The van der Waals surface area contributed by atoms with Gasteiger partial charge in [-0.3, -0.25) is 4.79 Å². The Kier molecular flexibility index (Phi) is 2.91. The molecule has 0 atom stereocenters. The lowest BCUT2D eigenvalue weighted by Crippen LogP contribution is -2.55. The second kappa shape index (κ2) is 3.05. The molecule has 3 nitrogen and oxygen atoms in total. The Balaban J connectivity index is 4.74. The largest absolute Gasteiger partial charge is 0.348 e. The molecule has 1 amide bonds. The van der Waals surface area contributed by atoms with E-state index in [1.807, 2.05) is 27.7 Å². The van der Waals surface area contributed by atoms with Crippen molar-refractivity contribution in [1.29, 1.82) is 0 Å². The highest BCUT2D eigenvalue weighted by Crippen LogP contribution is 2.29. The van der Waals surface area contributed by atoms with Gasteiger partial charge in [0.2, 0.25) is 5.91 Å². The summed E-state index contributed by atoms with van der Waals surface area (Å²) in [6, 6.07) is 0. The fourth-order valence-corrected chi connectivity index (χ4v) is 0.835. The smallest absolute Gasteiger partial charge is 0.229 e. The van der Waals surface area contributed by atoms with E-state index in [1.165, 1.54) is 0 Å². The van der Waals surface area contributed by atoms with Crippen LogP contribution in [-0.2, 0) is 4.79 Å². The van der Waals surface area contributed by atoms with Crippen LogP contribution in [0.15, 0.2) is 0 Å². The Labute approximate surface area is 74.9 Å². The summed E-state index contributed by atoms with van der Waals surface area (Å²) >= 11 is 0. The molecule has 3 heteroatoms. The monoisotopic (exact) mass is 172 g/mol. The van der Waals surface area contributed by atoms with E-state index >= 15 is 0 Å². The average molecular weight is 172 g/mol. The van der Waals surface area contributed by atoms with Gasteiger partial charge in [0, 0.05) is 19.6 Å². The average Bonchev–Trinajstić information content (AvgIpc) is 1.83. The number of nitrogens with zero attached hydrogens (tertiary/aromatic N) is 1. The van der Waals surface area contributed by atoms with Crippen LogP contribution in [0.25, 0.3) is 0 Å². The fourth-order valence-electron chi connectivity index (χ4n) is 0.835. The highest BCUT2D eigenvalue weighted by Gasteiger charge is 2.41. The first-order valence-corrected chi connectivity index (χ1v) is 4.11. The van der Waals surface area contributed by atoms with Crippen LogP contribution in [0.2, 0.25) is 0 Å². The molecule has 2 N–H and O–H groups in total. The molecule has 0 saturated heterocycles. The minimum Gasteiger partial charge on any atom is -0.348 e. The first-order valence-electron chi connectivity index (χ1n) is 4.11. The Morgan fingerprint density at radius 1 is 1.17 bits per heavy atom. The van der Waals surface area contributed by atoms with Crippen molar-refractivity contribution in [1.82, 2.24) is 4.90 Å². The van der Waals surface area contributed by atoms with Gasteiger partial charge >= 0.3 is 0 Å². The molecule has 0 aliphatic heterocycles. The van der Waals surface area contributed by atoms with E-state index in [0.717, 1.165) is 0 Å². The lowest BCUT2D eigenvalue weighted by molar-refractivity contribution is -0.140. The molecular formula is C9H20N2O. The molecule has 0 aromatic carbocycles. The molecular weight excluding hydrogens is 152 g/mol. The van der Waals surface area contributed by atoms with E-state index in [4.69, 9.17) is 5.73 Å². The maximum Gasteiger partial charge on any atom is 0.229 e. The Bertz CT molecular complexity index is 177. The summed E-state index contributed by atoms with van der Waals surface area (Å²) in [4.78, 5) is 13.2. The van der Waals surface area contributed by atoms with E-state index in [0.29, 0.717) is 0 Å². The molecule has 0 aliphatic rings. The second-order valence-corrected chi connectivity index (χ2v) is 4.55. The zero-order valence-corrected chi connectivity index (χ0v) is 8.93. The lowest BCUT2D eigenvalue weighted by atomic mass is 9.74. The Morgan fingerprint density at radius 2 is 1.50 bits per heavy atom. The summed E-state index contributed by atoms with van der Waals surface area (Å²) < 4.78 is 0. The van der Waals surface area contributed by atoms with Crippen molar-refractivity contribution >= 4 is 5.91 Å². The van der Waals surface area contributed by atoms with Crippen molar-refractivity contribution in [2.45, 2.75) is 33.2 Å². The summed E-state index contributed by atoms with van der Waals surface area (Å²) in [5.41, 5.74) is 4.90. The zero-order valence-electron chi connectivity index (χ0n) is 8.93. The zero-order chi connectivity index (χ0) is 10.2. The number of hydrogen-bond donors (Lipinski definition) is 1. The van der Waals surface area contributed by atoms with Crippen LogP contribution in [0.3, 0.4) is 0 Å². The van der Waals surface area contributed by atoms with Crippen molar-refractivity contribution in [2.24, 2.45) is 11.1 Å². The van der Waals surface area contributed by atoms with Crippen LogP contribution in [0.4, 0.5) is 0 Å². The third-order valence-corrected chi connectivity index (χ3v) is 2.55. The first-order chi connectivity index (χ1) is 5.10. The van der Waals surface area contributed by atoms with Gasteiger partial charge in [0.1, 0.15) is 0 Å². The molecule has 0 spiro atoms. The van der Waals surface area contributed by atoms with Gasteiger partial charge in [0.05, 0.1) is 5.41 Å². The van der Waals surface area contributed by atoms with Gasteiger partial charge in [-0.15, -0.1) is 0 Å². The van der Waals surface area contributed by atoms with Crippen molar-refractivity contribution in [3.8, 4) is 0 Å². The van der Waals surface area contributed by atoms with E-state index in [1.54, 1.807) is 19.0 Å². The molecule has 12 heavy (non-hydrogen) atoms. The van der Waals surface area contributed by atoms with Crippen LogP contribution in [-0.4, -0.2) is 30.4 Å². The van der Waals surface area contributed by atoms with Crippen LogP contribution in [0, 0.1) is 5.41 Å². The highest BCUT2D eigenvalue weighted by atomic mass is 16.2. The molecule has 0 saturated carbocycles. The van der Waals surface area contributed by atoms with Crippen LogP contribution in [0.1, 0.15) is 27.7 Å². The quantitative estimate of drug-likeness (QED) is 0.671. The number of hydrogen-bond acceptors (Lipinski definition) is 2. The van der Waals surface area contributed by atoms with Gasteiger partial charge in [-0.25, -0.2) is 0 Å². The summed E-state index contributed by atoms with van der Waals surface area (Å²) in [7, 11) is 3.49. The van der Waals surface area contributed by atoms with E-state index in [9.17, 15) is 4.79 Å². The molecule has 0 bridgehead atoms. The number of rotatable bonds is 2. The fraction of sp³-hybridized carbons (Fsp3) is 0.889. The molecule has 0 heterocycles. The van der Waals surface area contributed by atoms with Crippen LogP contribution >= 0.6 is 0 Å². The van der Waals surface area contributed by atoms with Gasteiger partial charge in [0.15, 0.2) is 0 Å². The molecule has 0 aromatic heterocycles. The molecule has 0 aliphatic carbocycles. The minimum atomic E-state index is -0.517. The van der Waals surface area contributed by atoms with Crippen molar-refractivity contribution in [3.63, 3.8) is 0 Å². The summed E-state index contributed by atoms with van der Waals surface area (Å²) in [6.45, 7) is 7.48. The topological polar surface area (TPSA) is 46.3 Å². The SMILES string of the molecule is CN(C)C(=O)C(C)(C)C(C)(C)N. The molecule has 0 radical (unpaired) electrons. The molecule has 0 fully saturated rings. The third-order valence-electron chi connectivity index (χ3n) is 2.55. The third kappa shape index (κ3) is 1.97. The van der Waals surface area contributed by atoms with Crippen molar-refractivity contribution in [3.05, 3.63) is 0 Å². The number of carbonyl (C=O) groups excluding carboxylic acids is 1. The maximum atomic E-state index is 11.7. The van der Waals surface area contributed by atoms with Gasteiger partial charge in [-0.05, 0) is 27.7 Å². The van der Waals surface area contributed by atoms with Crippen molar-refractivity contribution in [2.75, 3.05) is 14.1 Å². The Morgan fingerprint density at radius 3 is 1.58 bits per heavy atom. The van der Waals surface area contributed by atoms with Gasteiger partial charge < -0.3 is 10.6 Å². The first kappa shape index (κ1) is 11.4. The minimum absolute atomic E-state index is 0.0648. The normalized spacial score (nSPS) is 12.9. The number of amides is 1. The van der Waals surface area contributed by atoms with Crippen LogP contribution < -0.4 is 5.73 Å². The summed E-state index contributed by atoms with van der Waals surface area (Å²) in [5, 5.41) is 0. The molecule has 0 unspecified atom stereocenters. The molecule has 0 rings (SSSR count). The van der Waals surface area contributed by atoms with Gasteiger partial charge in [0.25, 0.3) is 0 Å². The lowest BCUT2D eigenvalue weighted by Gasteiger charge is -2.38. The predicted molar refractivity (Wildman–Crippen MR) is 50.7 cm³/mol. The standard InChI is InChI=1S/C9H20N2O/c1-8(2,9(3,4)10)7(12)11(5)6/h10H2,1-6H3. The van der Waals surface area contributed by atoms with Gasteiger partial charge in [-0.1, -0.05) is 0 Å². The highest BCUT2D eigenvalue weighted by molar-refractivity contribution is 5.82. The second-order valence-electron chi connectivity index (χ2n) is 4.55. The van der Waals surface area contributed by atoms with Gasteiger partial charge in [-0.2, -0.15) is 0 Å². The van der Waals surface area contributed by atoms with E-state index < -0.39 is 11.0 Å². The molecule has 72 valence electrons. The Hall–Kier alpha value is -0.570. The number of carbonyl (C=O) groups is 1. The number of nitrogens with two attached hydrogens (primary N) is 1.